The third-order valence-corrected chi connectivity index (χ3v) is 15.7. The van der Waals surface area contributed by atoms with Gasteiger partial charge in [-0.05, 0) is 129 Å². The van der Waals surface area contributed by atoms with Crippen LogP contribution in [0.1, 0.15) is 91.6 Å². The molecule has 0 aliphatic heterocycles. The van der Waals surface area contributed by atoms with E-state index < -0.39 is 14.4 Å². The number of rotatable bonds is 12. The molecule has 0 radical (unpaired) electrons. The van der Waals surface area contributed by atoms with Crippen molar-refractivity contribution in [3.05, 3.63) is 153 Å². The Morgan fingerprint density at radius 3 is 1.46 bits per heavy atom. The Hall–Kier alpha value is -6.74. The highest BCUT2D eigenvalue weighted by Crippen LogP contribution is 2.40. The highest BCUT2D eigenvalue weighted by molar-refractivity contribution is 6.74. The average molecular weight is 831 g/mol. The fourth-order valence-corrected chi connectivity index (χ4v) is 7.91. The van der Waals surface area contributed by atoms with E-state index in [2.05, 4.69) is 89.1 Å². The van der Waals surface area contributed by atoms with E-state index in [1.54, 1.807) is 49.4 Å². The fraction of sp³-hybridized carbons (Fsp3) is 0.333. The average Bonchev–Trinajstić information content (AvgIpc) is 3.93. The molecule has 2 heterocycles. The third-order valence-electron chi connectivity index (χ3n) is 11.1. The molecule has 61 heavy (non-hydrogen) atoms. The first-order valence-corrected chi connectivity index (χ1v) is 22.8. The molecule has 0 unspecified atom stereocenters. The monoisotopic (exact) mass is 830 g/mol. The Balaban J connectivity index is 0.000000237. The van der Waals surface area contributed by atoms with Gasteiger partial charge in [0.05, 0.1) is 60.5 Å². The summed E-state index contributed by atoms with van der Waals surface area (Å²) in [5, 5.41) is 45.1. The molecule has 0 saturated carbocycles. The molecule has 0 aliphatic rings. The van der Waals surface area contributed by atoms with Crippen LogP contribution in [0.25, 0.3) is 32.6 Å². The van der Waals surface area contributed by atoms with E-state index in [4.69, 9.17) is 36.9 Å². The van der Waals surface area contributed by atoms with Crippen LogP contribution in [-0.4, -0.2) is 46.0 Å². The molecule has 0 amide bonds. The van der Waals surface area contributed by atoms with Gasteiger partial charge in [-0.1, -0.05) is 57.2 Å². The molecule has 2 aromatic heterocycles. The molecule has 0 aliphatic carbocycles. The predicted molar refractivity (Wildman–Crippen MR) is 236 cm³/mol. The number of hydrogen-bond donors (Lipinski definition) is 1. The lowest BCUT2D eigenvalue weighted by atomic mass is 9.93. The maximum Gasteiger partial charge on any atom is 0.247 e. The summed E-state index contributed by atoms with van der Waals surface area (Å²) in [5.74, 6) is 1.15. The van der Waals surface area contributed by atoms with E-state index in [9.17, 15) is 5.11 Å². The van der Waals surface area contributed by atoms with Crippen molar-refractivity contribution in [2.45, 2.75) is 103 Å². The minimum Gasteiger partial charge on any atom is -0.420 e. The fourth-order valence-electron chi connectivity index (χ4n) is 6.47. The summed E-state index contributed by atoms with van der Waals surface area (Å²) in [5.41, 5.74) is 7.84. The first-order chi connectivity index (χ1) is 29.0. The topological polar surface area (TPSA) is 164 Å². The first-order valence-electron chi connectivity index (χ1n) is 19.9. The number of hydrogen-bond acceptors (Lipinski definition) is 10. The van der Waals surface area contributed by atoms with Gasteiger partial charge in [0.15, 0.2) is 19.7 Å². The number of aryl methyl sites for hydroxylation is 2. The maximum atomic E-state index is 10.2. The SMILES string of the molecule is [C-]#[N+]c1ccc(C[C@@H](c2nnc(-c3ccc(C#N)cc3)o2)[C@H](C)O)cc1C.[C-]#[N+]c1ccc(C[C@@H](c2nnc(-c3ccc(C#N)cc3)o2)[C@H](C)O[Si](C)(C)C(C)(C)C)cc1C. The van der Waals surface area contributed by atoms with Crippen LogP contribution in [0.4, 0.5) is 11.4 Å². The largest absolute Gasteiger partial charge is 0.420 e. The van der Waals surface area contributed by atoms with Crippen molar-refractivity contribution in [3.63, 3.8) is 0 Å². The number of aliphatic hydroxyl groups is 1. The van der Waals surface area contributed by atoms with Crippen molar-refractivity contribution in [3.8, 4) is 35.0 Å². The van der Waals surface area contributed by atoms with E-state index in [0.29, 0.717) is 64.5 Å². The van der Waals surface area contributed by atoms with Gasteiger partial charge in [0.25, 0.3) is 0 Å². The minimum atomic E-state index is -2.03. The van der Waals surface area contributed by atoms with Crippen LogP contribution in [0, 0.1) is 49.7 Å². The zero-order chi connectivity index (χ0) is 44.5. The first kappa shape index (κ1) is 45.3. The normalized spacial score (nSPS) is 13.3. The second kappa shape index (κ2) is 19.5. The molecular weight excluding hydrogens is 781 g/mol. The summed E-state index contributed by atoms with van der Waals surface area (Å²) in [4.78, 5) is 7.05. The van der Waals surface area contributed by atoms with Gasteiger partial charge in [-0.2, -0.15) is 10.5 Å². The second-order valence-electron chi connectivity index (χ2n) is 16.7. The molecule has 0 saturated heterocycles. The van der Waals surface area contributed by atoms with E-state index in [-0.39, 0.29) is 23.0 Å². The van der Waals surface area contributed by atoms with Crippen molar-refractivity contribution in [2.24, 2.45) is 0 Å². The Bertz CT molecular complexity index is 2610. The van der Waals surface area contributed by atoms with Crippen molar-refractivity contribution in [1.82, 2.24) is 20.4 Å². The number of aromatic nitrogens is 4. The highest BCUT2D eigenvalue weighted by atomic mass is 28.4. The highest BCUT2D eigenvalue weighted by Gasteiger charge is 2.41. The summed E-state index contributed by atoms with van der Waals surface area (Å²) in [7, 11) is -2.03. The van der Waals surface area contributed by atoms with E-state index in [1.165, 1.54) is 0 Å². The number of aliphatic hydroxyl groups excluding tert-OH is 1. The van der Waals surface area contributed by atoms with Gasteiger partial charge in [0.1, 0.15) is 0 Å². The summed E-state index contributed by atoms with van der Waals surface area (Å²) in [6, 6.07) is 29.7. The van der Waals surface area contributed by atoms with Crippen LogP contribution in [-0.2, 0) is 17.3 Å². The minimum absolute atomic E-state index is 0.0716. The second-order valence-corrected chi connectivity index (χ2v) is 21.4. The van der Waals surface area contributed by atoms with Gasteiger partial charge in [0.2, 0.25) is 23.6 Å². The molecule has 0 bridgehead atoms. The number of nitriles is 2. The van der Waals surface area contributed by atoms with Crippen molar-refractivity contribution in [2.75, 3.05) is 0 Å². The summed E-state index contributed by atoms with van der Waals surface area (Å²) in [6.45, 7) is 33.2. The lowest BCUT2D eigenvalue weighted by molar-refractivity contribution is 0.148. The summed E-state index contributed by atoms with van der Waals surface area (Å²) >= 11 is 0. The van der Waals surface area contributed by atoms with E-state index in [0.717, 1.165) is 27.8 Å². The quantitative estimate of drug-likeness (QED) is 0.0927. The standard InChI is InChI=1S/C27H32N4O2Si.C21H18N4O2/c1-18-15-21(11-14-24(18)29-6)16-23(19(2)33-34(7,8)27(3,4)5)26-31-30-25(32-26)22-12-9-20(17-28)10-13-22;1-13-10-16(6-9-19(13)23-3)11-18(14(2)26)21-25-24-20(27-21)17-7-4-15(12-22)5-8-17/h9-15,19,23H,16H2,1-5,7-8H3;4-10,14,18,26H,11H2,1-2H3/t19-,23+;14-,18+/m00/s1. The Morgan fingerprint density at radius 2 is 1.10 bits per heavy atom. The Morgan fingerprint density at radius 1 is 0.689 bits per heavy atom. The molecule has 6 rings (SSSR count). The van der Waals surface area contributed by atoms with Gasteiger partial charge in [-0.3, -0.25) is 0 Å². The van der Waals surface area contributed by atoms with Crippen LogP contribution >= 0.6 is 0 Å². The summed E-state index contributed by atoms with van der Waals surface area (Å²) < 4.78 is 18.7. The van der Waals surface area contributed by atoms with Crippen LogP contribution in [0.5, 0.6) is 0 Å². The molecule has 0 spiro atoms. The van der Waals surface area contributed by atoms with Gasteiger partial charge < -0.3 is 18.4 Å². The van der Waals surface area contributed by atoms with Crippen LogP contribution in [0.3, 0.4) is 0 Å². The molecule has 13 heteroatoms. The van der Waals surface area contributed by atoms with Gasteiger partial charge in [0, 0.05) is 11.1 Å². The van der Waals surface area contributed by atoms with Gasteiger partial charge in [-0.25, -0.2) is 9.69 Å². The van der Waals surface area contributed by atoms with Crippen molar-refractivity contribution >= 4 is 19.7 Å². The van der Waals surface area contributed by atoms with Crippen LogP contribution in [0.2, 0.25) is 18.1 Å². The zero-order valence-electron chi connectivity index (χ0n) is 36.1. The molecule has 6 aromatic rings. The van der Waals surface area contributed by atoms with E-state index in [1.807, 2.05) is 50.2 Å². The Labute approximate surface area is 359 Å². The third kappa shape index (κ3) is 11.3. The molecule has 4 atom stereocenters. The molecule has 0 fully saturated rings. The van der Waals surface area contributed by atoms with Crippen molar-refractivity contribution in [1.29, 1.82) is 10.5 Å². The number of nitrogens with zero attached hydrogens (tertiary/aromatic N) is 8. The molecule has 4 aromatic carbocycles. The predicted octanol–water partition coefficient (Wildman–Crippen LogP) is 11.4. The zero-order valence-corrected chi connectivity index (χ0v) is 37.1. The van der Waals surface area contributed by atoms with Crippen molar-refractivity contribution < 1.29 is 18.4 Å². The smallest absolute Gasteiger partial charge is 0.247 e. The maximum absolute atomic E-state index is 10.2. The lowest BCUT2D eigenvalue weighted by Gasteiger charge is -2.40. The van der Waals surface area contributed by atoms with Gasteiger partial charge in [-0.15, -0.1) is 20.4 Å². The van der Waals surface area contributed by atoms with Crippen LogP contribution in [0.15, 0.2) is 93.8 Å². The van der Waals surface area contributed by atoms with Crippen LogP contribution < -0.4 is 0 Å². The number of benzene rings is 4. The summed E-state index contributed by atoms with van der Waals surface area (Å²) in [6.07, 6.45) is 0.353. The lowest BCUT2D eigenvalue weighted by Crippen LogP contribution is -2.44. The van der Waals surface area contributed by atoms with E-state index >= 15 is 0 Å². The molecular formula is C48H50N8O4Si. The molecule has 1 N–H and O–H groups in total. The van der Waals surface area contributed by atoms with Gasteiger partial charge >= 0.3 is 0 Å². The molecule has 310 valence electrons. The molecule has 12 nitrogen and oxygen atoms in total. The Kier molecular flexibility index (Phi) is 14.5.